The lowest BCUT2D eigenvalue weighted by Gasteiger charge is -2.33. The minimum absolute atomic E-state index is 0.204. The second-order valence-corrected chi connectivity index (χ2v) is 5.97. The number of nitrogens with one attached hydrogen (secondary N) is 1. The number of piperidine rings is 1. The summed E-state index contributed by atoms with van der Waals surface area (Å²) < 4.78 is 0. The molecule has 116 valence electrons. The lowest BCUT2D eigenvalue weighted by atomic mass is 10.0. The van der Waals surface area contributed by atoms with E-state index < -0.39 is 0 Å². The summed E-state index contributed by atoms with van der Waals surface area (Å²) in [5.74, 6) is 0. The van der Waals surface area contributed by atoms with Gasteiger partial charge in [-0.2, -0.15) is 0 Å². The number of aryl methyl sites for hydroxylation is 2. The number of hydrogen-bond acceptors (Lipinski definition) is 4. The Morgan fingerprint density at radius 3 is 2.52 bits per heavy atom. The van der Waals surface area contributed by atoms with Crippen LogP contribution >= 0.6 is 0 Å². The van der Waals surface area contributed by atoms with Crippen molar-refractivity contribution in [3.8, 4) is 0 Å². The van der Waals surface area contributed by atoms with Crippen molar-refractivity contribution in [2.75, 3.05) is 25.0 Å². The normalized spacial score (nSPS) is 16.9. The molecular weight excluding hydrogens is 266 g/mol. The lowest BCUT2D eigenvalue weighted by molar-refractivity contribution is -0.385. The number of nitro benzene ring substituents is 1. The number of benzene rings is 1. The fraction of sp³-hybridized carbons (Fsp3) is 0.625. The van der Waals surface area contributed by atoms with E-state index in [9.17, 15) is 10.1 Å². The minimum Gasteiger partial charge on any atom is -0.382 e. The molecule has 0 radical (unpaired) electrons. The van der Waals surface area contributed by atoms with Crippen LogP contribution in [0.2, 0.25) is 0 Å². The van der Waals surface area contributed by atoms with E-state index in [4.69, 9.17) is 0 Å². The molecule has 21 heavy (non-hydrogen) atoms. The van der Waals surface area contributed by atoms with Gasteiger partial charge >= 0.3 is 0 Å². The highest BCUT2D eigenvalue weighted by atomic mass is 16.6. The molecule has 1 aliphatic heterocycles. The molecule has 0 bridgehead atoms. The Morgan fingerprint density at radius 1 is 1.29 bits per heavy atom. The van der Waals surface area contributed by atoms with Crippen LogP contribution in [0.3, 0.4) is 0 Å². The molecule has 1 fully saturated rings. The van der Waals surface area contributed by atoms with Gasteiger partial charge in [0.15, 0.2) is 0 Å². The summed E-state index contributed by atoms with van der Waals surface area (Å²) >= 11 is 0. The second-order valence-electron chi connectivity index (χ2n) is 5.97. The van der Waals surface area contributed by atoms with Gasteiger partial charge in [-0.05, 0) is 51.3 Å². The van der Waals surface area contributed by atoms with Crippen molar-refractivity contribution >= 4 is 11.4 Å². The molecule has 0 amide bonds. The van der Waals surface area contributed by atoms with E-state index in [0.717, 1.165) is 42.7 Å². The zero-order valence-electron chi connectivity index (χ0n) is 13.2. The third-order valence-electron chi connectivity index (χ3n) is 4.23. The topological polar surface area (TPSA) is 58.4 Å². The molecule has 0 spiro atoms. The zero-order valence-corrected chi connectivity index (χ0v) is 13.2. The van der Waals surface area contributed by atoms with Gasteiger partial charge in [-0.25, -0.2) is 0 Å². The molecule has 5 heteroatoms. The molecule has 0 saturated carbocycles. The standard InChI is InChI=1S/C16H25N3O2/c1-4-7-18-8-5-14(6-9-18)17-15-10-13(3)16(19(20)21)11-12(15)2/h10-11,14,17H,4-9H2,1-3H3. The number of anilines is 1. The Balaban J connectivity index is 2.01. The Bertz CT molecular complexity index is 508. The van der Waals surface area contributed by atoms with Crippen LogP contribution in [-0.2, 0) is 0 Å². The van der Waals surface area contributed by atoms with Crippen LogP contribution < -0.4 is 5.32 Å². The van der Waals surface area contributed by atoms with Crippen molar-refractivity contribution in [3.63, 3.8) is 0 Å². The highest BCUT2D eigenvalue weighted by molar-refractivity contribution is 5.59. The maximum absolute atomic E-state index is 11.0. The van der Waals surface area contributed by atoms with E-state index in [0.29, 0.717) is 6.04 Å². The number of likely N-dealkylation sites (tertiary alicyclic amines) is 1. The van der Waals surface area contributed by atoms with Gasteiger partial charge in [0.05, 0.1) is 4.92 Å². The summed E-state index contributed by atoms with van der Waals surface area (Å²) in [6.07, 6.45) is 3.48. The van der Waals surface area contributed by atoms with Gasteiger partial charge in [0.1, 0.15) is 0 Å². The molecule has 1 aromatic rings. The molecule has 0 aliphatic carbocycles. The van der Waals surface area contributed by atoms with Gasteiger partial charge in [0, 0.05) is 36.4 Å². The van der Waals surface area contributed by atoms with E-state index >= 15 is 0 Å². The third-order valence-corrected chi connectivity index (χ3v) is 4.23. The summed E-state index contributed by atoms with van der Waals surface area (Å²) in [6.45, 7) is 9.40. The molecule has 5 nitrogen and oxygen atoms in total. The van der Waals surface area contributed by atoms with Crippen LogP contribution in [-0.4, -0.2) is 35.5 Å². The molecule has 1 N–H and O–H groups in total. The van der Waals surface area contributed by atoms with Crippen molar-refractivity contribution in [2.45, 2.75) is 46.1 Å². The first kappa shape index (κ1) is 15.8. The molecule has 1 aromatic carbocycles. The Morgan fingerprint density at radius 2 is 1.95 bits per heavy atom. The van der Waals surface area contributed by atoms with Crippen LogP contribution in [0.4, 0.5) is 11.4 Å². The van der Waals surface area contributed by atoms with Gasteiger partial charge in [0.2, 0.25) is 0 Å². The molecule has 0 unspecified atom stereocenters. The van der Waals surface area contributed by atoms with Crippen LogP contribution in [0.15, 0.2) is 12.1 Å². The smallest absolute Gasteiger partial charge is 0.272 e. The van der Waals surface area contributed by atoms with E-state index in [-0.39, 0.29) is 10.6 Å². The van der Waals surface area contributed by atoms with E-state index in [2.05, 4.69) is 17.1 Å². The molecule has 0 atom stereocenters. The van der Waals surface area contributed by atoms with E-state index in [1.807, 2.05) is 13.0 Å². The summed E-state index contributed by atoms with van der Waals surface area (Å²) in [5, 5.41) is 14.5. The van der Waals surface area contributed by atoms with Gasteiger partial charge < -0.3 is 10.2 Å². The van der Waals surface area contributed by atoms with Crippen molar-refractivity contribution in [3.05, 3.63) is 33.4 Å². The van der Waals surface area contributed by atoms with E-state index in [1.54, 1.807) is 13.0 Å². The minimum atomic E-state index is -0.310. The maximum atomic E-state index is 11.0. The highest BCUT2D eigenvalue weighted by Gasteiger charge is 2.20. The van der Waals surface area contributed by atoms with Gasteiger partial charge in [0.25, 0.3) is 5.69 Å². The molecule has 1 heterocycles. The lowest BCUT2D eigenvalue weighted by Crippen LogP contribution is -2.39. The summed E-state index contributed by atoms with van der Waals surface area (Å²) in [7, 11) is 0. The third kappa shape index (κ3) is 3.94. The monoisotopic (exact) mass is 291 g/mol. The second kappa shape index (κ2) is 6.89. The summed E-state index contributed by atoms with van der Waals surface area (Å²) in [4.78, 5) is 13.1. The SMILES string of the molecule is CCCN1CCC(Nc2cc(C)c([N+](=O)[O-])cc2C)CC1. The predicted octanol–water partition coefficient (Wildman–Crippen LogP) is 3.50. The number of nitro groups is 1. The first-order valence-electron chi connectivity index (χ1n) is 7.75. The molecule has 2 rings (SSSR count). The first-order chi connectivity index (χ1) is 10.0. The Hall–Kier alpha value is -1.62. The highest BCUT2D eigenvalue weighted by Crippen LogP contribution is 2.27. The Labute approximate surface area is 126 Å². The molecule has 0 aromatic heterocycles. The number of nitrogens with zero attached hydrogens (tertiary/aromatic N) is 2. The maximum Gasteiger partial charge on any atom is 0.272 e. The number of hydrogen-bond donors (Lipinski definition) is 1. The summed E-state index contributed by atoms with van der Waals surface area (Å²) in [5.41, 5.74) is 2.91. The van der Waals surface area contributed by atoms with Crippen molar-refractivity contribution < 1.29 is 4.92 Å². The average molecular weight is 291 g/mol. The van der Waals surface area contributed by atoms with Gasteiger partial charge in [-0.15, -0.1) is 0 Å². The van der Waals surface area contributed by atoms with Crippen molar-refractivity contribution in [2.24, 2.45) is 0 Å². The fourth-order valence-electron chi connectivity index (χ4n) is 2.99. The average Bonchev–Trinajstić information content (AvgIpc) is 2.44. The molecule has 1 aliphatic rings. The van der Waals surface area contributed by atoms with Gasteiger partial charge in [-0.3, -0.25) is 10.1 Å². The van der Waals surface area contributed by atoms with Crippen LogP contribution in [0.5, 0.6) is 0 Å². The molecule has 1 saturated heterocycles. The molecular formula is C16H25N3O2. The quantitative estimate of drug-likeness (QED) is 0.666. The van der Waals surface area contributed by atoms with Gasteiger partial charge in [-0.1, -0.05) is 6.92 Å². The predicted molar refractivity (Wildman–Crippen MR) is 85.9 cm³/mol. The zero-order chi connectivity index (χ0) is 15.4. The van der Waals surface area contributed by atoms with Crippen LogP contribution in [0.25, 0.3) is 0 Å². The largest absolute Gasteiger partial charge is 0.382 e. The van der Waals surface area contributed by atoms with Crippen molar-refractivity contribution in [1.82, 2.24) is 4.90 Å². The summed E-state index contributed by atoms with van der Waals surface area (Å²) in [6, 6.07) is 4.05. The van der Waals surface area contributed by atoms with Crippen LogP contribution in [0, 0.1) is 24.0 Å². The fourth-order valence-corrected chi connectivity index (χ4v) is 2.99. The number of rotatable bonds is 5. The first-order valence-corrected chi connectivity index (χ1v) is 7.75. The van der Waals surface area contributed by atoms with E-state index in [1.165, 1.54) is 13.0 Å². The Kier molecular flexibility index (Phi) is 5.17. The van der Waals surface area contributed by atoms with Crippen molar-refractivity contribution in [1.29, 1.82) is 0 Å². The van der Waals surface area contributed by atoms with Crippen LogP contribution in [0.1, 0.15) is 37.3 Å².